The predicted octanol–water partition coefficient (Wildman–Crippen LogP) is 3.48. The Morgan fingerprint density at radius 2 is 2.15 bits per heavy atom. The maximum atomic E-state index is 11.9. The van der Waals surface area contributed by atoms with Gasteiger partial charge in [0.15, 0.2) is 0 Å². The number of urea groups is 1. The second-order valence-corrected chi connectivity index (χ2v) is 6.46. The Hall–Kier alpha value is -1.62. The molecule has 4 nitrogen and oxygen atoms in total. The number of amides is 2. The van der Waals surface area contributed by atoms with E-state index >= 15 is 0 Å². The quantitative estimate of drug-likeness (QED) is 0.916. The third kappa shape index (κ3) is 3.93. The summed E-state index contributed by atoms with van der Waals surface area (Å²) in [7, 11) is 1.80. The van der Waals surface area contributed by atoms with E-state index in [9.17, 15) is 4.79 Å². The molecule has 0 atom stereocenters. The molecule has 0 unspecified atom stereocenters. The lowest BCUT2D eigenvalue weighted by molar-refractivity contribution is 0.206. The summed E-state index contributed by atoms with van der Waals surface area (Å²) in [6, 6.07) is 8.00. The van der Waals surface area contributed by atoms with Gasteiger partial charge in [-0.05, 0) is 24.5 Å². The number of hydrogen-bond acceptors (Lipinski definition) is 3. The average Bonchev–Trinajstić information content (AvgIpc) is 2.80. The summed E-state index contributed by atoms with van der Waals surface area (Å²) in [5, 5.41) is 3.90. The minimum absolute atomic E-state index is 0.0371. The third-order valence-electron chi connectivity index (χ3n) is 3.06. The molecule has 0 radical (unpaired) electrons. The first kappa shape index (κ1) is 14.8. The maximum Gasteiger partial charge on any atom is 0.317 e. The van der Waals surface area contributed by atoms with Crippen molar-refractivity contribution in [3.05, 3.63) is 29.3 Å². The number of carbonyl (C=O) groups is 1. The molecule has 5 heteroatoms. The highest BCUT2D eigenvalue weighted by molar-refractivity contribution is 7.18. The summed E-state index contributed by atoms with van der Waals surface area (Å²) in [5.41, 5.74) is 1.00. The van der Waals surface area contributed by atoms with Crippen molar-refractivity contribution in [2.24, 2.45) is 5.92 Å². The Labute approximate surface area is 123 Å². The van der Waals surface area contributed by atoms with Crippen molar-refractivity contribution in [3.8, 4) is 0 Å². The number of thiazole rings is 1. The van der Waals surface area contributed by atoms with E-state index in [0.717, 1.165) is 28.2 Å². The molecule has 0 saturated heterocycles. The summed E-state index contributed by atoms with van der Waals surface area (Å²) >= 11 is 1.64. The van der Waals surface area contributed by atoms with Gasteiger partial charge in [0.25, 0.3) is 0 Å². The van der Waals surface area contributed by atoms with Crippen LogP contribution >= 0.6 is 11.3 Å². The Kier molecular flexibility index (Phi) is 4.95. The standard InChI is InChI=1S/C15H21N3OS/c1-11(2)8-9-16-15(19)18(3)10-14-17-12-6-4-5-7-13(12)20-14/h4-7,11H,8-10H2,1-3H3,(H,16,19). The zero-order valence-corrected chi connectivity index (χ0v) is 13.0. The van der Waals surface area contributed by atoms with Crippen molar-refractivity contribution >= 4 is 27.6 Å². The van der Waals surface area contributed by atoms with Crippen LogP contribution < -0.4 is 5.32 Å². The van der Waals surface area contributed by atoms with Crippen LogP contribution in [0.2, 0.25) is 0 Å². The summed E-state index contributed by atoms with van der Waals surface area (Å²) in [6.45, 7) is 5.57. The van der Waals surface area contributed by atoms with Crippen molar-refractivity contribution in [2.75, 3.05) is 13.6 Å². The molecular weight excluding hydrogens is 270 g/mol. The number of nitrogens with one attached hydrogen (secondary N) is 1. The molecule has 1 heterocycles. The number of rotatable bonds is 5. The number of para-hydroxylation sites is 1. The molecule has 20 heavy (non-hydrogen) atoms. The Morgan fingerprint density at radius 3 is 2.85 bits per heavy atom. The van der Waals surface area contributed by atoms with Crippen LogP contribution in [0.25, 0.3) is 10.2 Å². The topological polar surface area (TPSA) is 45.2 Å². The van der Waals surface area contributed by atoms with Gasteiger partial charge in [0, 0.05) is 13.6 Å². The second kappa shape index (κ2) is 6.70. The van der Waals surface area contributed by atoms with Gasteiger partial charge in [-0.15, -0.1) is 11.3 Å². The zero-order valence-electron chi connectivity index (χ0n) is 12.2. The smallest absolute Gasteiger partial charge is 0.317 e. The molecule has 0 bridgehead atoms. The van der Waals surface area contributed by atoms with Gasteiger partial charge in [-0.1, -0.05) is 26.0 Å². The van der Waals surface area contributed by atoms with Gasteiger partial charge in [0.2, 0.25) is 0 Å². The van der Waals surface area contributed by atoms with Crippen LogP contribution in [0.15, 0.2) is 24.3 Å². The largest absolute Gasteiger partial charge is 0.338 e. The molecule has 0 fully saturated rings. The van der Waals surface area contributed by atoms with E-state index in [1.807, 2.05) is 18.2 Å². The van der Waals surface area contributed by atoms with E-state index in [0.29, 0.717) is 12.5 Å². The molecule has 0 aliphatic rings. The van der Waals surface area contributed by atoms with Gasteiger partial charge in [-0.3, -0.25) is 0 Å². The molecule has 0 spiro atoms. The van der Waals surface area contributed by atoms with Crippen LogP contribution in [0.5, 0.6) is 0 Å². The van der Waals surface area contributed by atoms with Crippen LogP contribution in [0.4, 0.5) is 4.79 Å². The van der Waals surface area contributed by atoms with Crippen molar-refractivity contribution in [3.63, 3.8) is 0 Å². The van der Waals surface area contributed by atoms with Gasteiger partial charge in [0.1, 0.15) is 5.01 Å². The number of carbonyl (C=O) groups excluding carboxylic acids is 1. The van der Waals surface area contributed by atoms with Crippen LogP contribution in [-0.4, -0.2) is 29.5 Å². The highest BCUT2D eigenvalue weighted by Crippen LogP contribution is 2.22. The Bertz CT molecular complexity index is 546. The van der Waals surface area contributed by atoms with Gasteiger partial charge < -0.3 is 10.2 Å². The molecule has 2 aromatic rings. The fraction of sp³-hybridized carbons (Fsp3) is 0.467. The summed E-state index contributed by atoms with van der Waals surface area (Å²) in [5.74, 6) is 0.602. The van der Waals surface area contributed by atoms with E-state index in [1.54, 1.807) is 23.3 Å². The first-order valence-electron chi connectivity index (χ1n) is 6.89. The van der Waals surface area contributed by atoms with Gasteiger partial charge in [0.05, 0.1) is 16.8 Å². The highest BCUT2D eigenvalue weighted by atomic mass is 32.1. The molecule has 0 aliphatic heterocycles. The molecule has 0 saturated carbocycles. The minimum Gasteiger partial charge on any atom is -0.338 e. The molecule has 0 aliphatic carbocycles. The van der Waals surface area contributed by atoms with Crippen molar-refractivity contribution < 1.29 is 4.79 Å². The third-order valence-corrected chi connectivity index (χ3v) is 4.08. The van der Waals surface area contributed by atoms with Crippen LogP contribution in [0.1, 0.15) is 25.3 Å². The number of nitrogens with zero attached hydrogens (tertiary/aromatic N) is 2. The molecule has 2 rings (SSSR count). The maximum absolute atomic E-state index is 11.9. The monoisotopic (exact) mass is 291 g/mol. The first-order chi connectivity index (χ1) is 9.56. The van der Waals surface area contributed by atoms with Gasteiger partial charge >= 0.3 is 6.03 Å². The molecule has 1 N–H and O–H groups in total. The van der Waals surface area contributed by atoms with Crippen molar-refractivity contribution in [2.45, 2.75) is 26.8 Å². The normalized spacial score (nSPS) is 11.0. The second-order valence-electron chi connectivity index (χ2n) is 5.35. The summed E-state index contributed by atoms with van der Waals surface area (Å²) in [6.07, 6.45) is 1.00. The van der Waals surface area contributed by atoms with Gasteiger partial charge in [-0.25, -0.2) is 9.78 Å². The lowest BCUT2D eigenvalue weighted by Crippen LogP contribution is -2.37. The van der Waals surface area contributed by atoms with Crippen LogP contribution in [-0.2, 0) is 6.54 Å². The molecule has 1 aromatic carbocycles. The zero-order chi connectivity index (χ0) is 14.5. The van der Waals surface area contributed by atoms with E-state index in [1.165, 1.54) is 0 Å². The lowest BCUT2D eigenvalue weighted by atomic mass is 10.1. The predicted molar refractivity (Wildman–Crippen MR) is 83.9 cm³/mol. The number of benzene rings is 1. The summed E-state index contributed by atoms with van der Waals surface area (Å²) in [4.78, 5) is 18.2. The Morgan fingerprint density at radius 1 is 1.40 bits per heavy atom. The SMILES string of the molecule is CC(C)CCNC(=O)N(C)Cc1nc2ccccc2s1. The van der Waals surface area contributed by atoms with E-state index < -0.39 is 0 Å². The van der Waals surface area contributed by atoms with Crippen LogP contribution in [0, 0.1) is 5.92 Å². The number of hydrogen-bond donors (Lipinski definition) is 1. The van der Waals surface area contributed by atoms with Gasteiger partial charge in [-0.2, -0.15) is 0 Å². The van der Waals surface area contributed by atoms with E-state index in [-0.39, 0.29) is 6.03 Å². The van der Waals surface area contributed by atoms with Crippen molar-refractivity contribution in [1.29, 1.82) is 0 Å². The van der Waals surface area contributed by atoms with E-state index in [2.05, 4.69) is 30.2 Å². The number of aromatic nitrogens is 1. The van der Waals surface area contributed by atoms with Crippen LogP contribution in [0.3, 0.4) is 0 Å². The first-order valence-corrected chi connectivity index (χ1v) is 7.71. The molecular formula is C15H21N3OS. The molecule has 1 aromatic heterocycles. The lowest BCUT2D eigenvalue weighted by Gasteiger charge is -2.17. The number of fused-ring (bicyclic) bond motifs is 1. The fourth-order valence-corrected chi connectivity index (χ4v) is 2.89. The average molecular weight is 291 g/mol. The molecule has 108 valence electrons. The highest BCUT2D eigenvalue weighted by Gasteiger charge is 2.11. The fourth-order valence-electron chi connectivity index (χ4n) is 1.86. The van der Waals surface area contributed by atoms with Crippen molar-refractivity contribution in [1.82, 2.24) is 15.2 Å². The summed E-state index contributed by atoms with van der Waals surface area (Å²) < 4.78 is 1.16. The van der Waals surface area contributed by atoms with E-state index in [4.69, 9.17) is 0 Å². The molecule has 2 amide bonds. The minimum atomic E-state index is -0.0371. The Balaban J connectivity index is 1.90.